The first-order valence-electron chi connectivity index (χ1n) is 12.7. The first-order chi connectivity index (χ1) is 19.2. The molecule has 0 unspecified atom stereocenters. The summed E-state index contributed by atoms with van der Waals surface area (Å²) in [7, 11) is -1.54. The molecule has 0 radical (unpaired) electrons. The Balaban J connectivity index is 1.58. The Morgan fingerprint density at radius 3 is 1.18 bits per heavy atom. The Kier molecular flexibility index (Phi) is 6.79. The molecule has 0 aliphatic heterocycles. The van der Waals surface area contributed by atoms with E-state index in [9.17, 15) is 10.0 Å². The molecule has 6 heteroatoms. The topological polar surface area (TPSA) is 79.1 Å². The fourth-order valence-corrected chi connectivity index (χ4v) is 4.65. The summed E-state index contributed by atoms with van der Waals surface area (Å²) in [6.45, 7) is 0. The van der Waals surface area contributed by atoms with Crippen molar-refractivity contribution in [2.45, 2.75) is 0 Å². The van der Waals surface area contributed by atoms with Gasteiger partial charge in [0.25, 0.3) is 0 Å². The molecule has 0 amide bonds. The fraction of sp³-hybridized carbons (Fsp3) is 0. The van der Waals surface area contributed by atoms with Gasteiger partial charge in [0, 0.05) is 16.7 Å². The molecule has 1 aromatic heterocycles. The summed E-state index contributed by atoms with van der Waals surface area (Å²) in [5, 5.41) is 19.1. The van der Waals surface area contributed by atoms with Gasteiger partial charge in [-0.15, -0.1) is 0 Å². The van der Waals surface area contributed by atoms with Crippen LogP contribution in [0.25, 0.3) is 56.4 Å². The normalized spacial score (nSPS) is 10.8. The Hall–Kier alpha value is -4.91. The predicted molar refractivity (Wildman–Crippen MR) is 157 cm³/mol. The predicted octanol–water partition coefficient (Wildman–Crippen LogP) is 5.89. The highest BCUT2D eigenvalue weighted by Gasteiger charge is 2.18. The van der Waals surface area contributed by atoms with Crippen LogP contribution in [0.1, 0.15) is 0 Å². The highest BCUT2D eigenvalue weighted by molar-refractivity contribution is 6.58. The number of rotatable bonds is 6. The van der Waals surface area contributed by atoms with E-state index >= 15 is 0 Å². The molecule has 0 spiro atoms. The van der Waals surface area contributed by atoms with Gasteiger partial charge in [0.15, 0.2) is 17.5 Å². The number of hydrogen-bond donors (Lipinski definition) is 2. The van der Waals surface area contributed by atoms with Crippen LogP contribution in [0.2, 0.25) is 0 Å². The minimum Gasteiger partial charge on any atom is -0.423 e. The van der Waals surface area contributed by atoms with Crippen LogP contribution in [0.5, 0.6) is 0 Å². The molecule has 6 aromatic rings. The largest absolute Gasteiger partial charge is 0.488 e. The maximum atomic E-state index is 9.56. The van der Waals surface area contributed by atoms with Gasteiger partial charge in [-0.25, -0.2) is 15.0 Å². The number of hydrogen-bond acceptors (Lipinski definition) is 5. The molecule has 5 nitrogen and oxygen atoms in total. The molecule has 0 aliphatic rings. The van der Waals surface area contributed by atoms with Crippen LogP contribution in [0.15, 0.2) is 133 Å². The van der Waals surface area contributed by atoms with Crippen LogP contribution in [-0.4, -0.2) is 32.1 Å². The molecule has 39 heavy (non-hydrogen) atoms. The number of benzene rings is 5. The summed E-state index contributed by atoms with van der Waals surface area (Å²) >= 11 is 0. The zero-order valence-electron chi connectivity index (χ0n) is 21.0. The van der Waals surface area contributed by atoms with E-state index in [1.165, 1.54) is 0 Å². The van der Waals surface area contributed by atoms with E-state index in [1.807, 2.05) is 72.8 Å². The Labute approximate surface area is 227 Å². The highest BCUT2D eigenvalue weighted by Crippen LogP contribution is 2.34. The van der Waals surface area contributed by atoms with Gasteiger partial charge in [0.1, 0.15) is 0 Å². The third kappa shape index (κ3) is 5.11. The molecular weight excluding hydrogens is 481 g/mol. The molecule has 0 bridgehead atoms. The van der Waals surface area contributed by atoms with E-state index in [0.29, 0.717) is 22.9 Å². The third-order valence-corrected chi connectivity index (χ3v) is 6.61. The molecule has 0 saturated heterocycles. The minimum atomic E-state index is -1.54. The van der Waals surface area contributed by atoms with Crippen molar-refractivity contribution in [2.24, 2.45) is 0 Å². The van der Waals surface area contributed by atoms with E-state index in [4.69, 9.17) is 15.0 Å². The second kappa shape index (κ2) is 10.8. The van der Waals surface area contributed by atoms with Crippen molar-refractivity contribution < 1.29 is 10.0 Å². The van der Waals surface area contributed by atoms with Crippen LogP contribution in [-0.2, 0) is 0 Å². The quantitative estimate of drug-likeness (QED) is 0.276. The summed E-state index contributed by atoms with van der Waals surface area (Å²) in [5.41, 5.74) is 7.13. The first-order valence-corrected chi connectivity index (χ1v) is 12.7. The van der Waals surface area contributed by atoms with Gasteiger partial charge >= 0.3 is 7.12 Å². The van der Waals surface area contributed by atoms with Crippen LogP contribution < -0.4 is 5.46 Å². The van der Waals surface area contributed by atoms with Crippen molar-refractivity contribution in [3.05, 3.63) is 133 Å². The van der Waals surface area contributed by atoms with Gasteiger partial charge in [-0.2, -0.15) is 0 Å². The summed E-state index contributed by atoms with van der Waals surface area (Å²) in [4.78, 5) is 14.8. The van der Waals surface area contributed by atoms with Crippen molar-refractivity contribution in [3.8, 4) is 56.4 Å². The van der Waals surface area contributed by atoms with Crippen molar-refractivity contribution in [1.29, 1.82) is 0 Å². The zero-order valence-corrected chi connectivity index (χ0v) is 21.0. The number of aromatic nitrogens is 3. The lowest BCUT2D eigenvalue weighted by atomic mass is 9.80. The molecule has 0 saturated carbocycles. The van der Waals surface area contributed by atoms with Crippen LogP contribution in [0.3, 0.4) is 0 Å². The smallest absolute Gasteiger partial charge is 0.423 e. The average molecular weight is 505 g/mol. The lowest BCUT2D eigenvalue weighted by Gasteiger charge is -2.14. The lowest BCUT2D eigenvalue weighted by Crippen LogP contribution is -2.29. The summed E-state index contributed by atoms with van der Waals surface area (Å²) < 4.78 is 0. The molecule has 5 aromatic carbocycles. The molecule has 1 heterocycles. The third-order valence-electron chi connectivity index (χ3n) is 6.61. The maximum Gasteiger partial charge on any atom is 0.488 e. The van der Waals surface area contributed by atoms with Crippen molar-refractivity contribution in [2.75, 3.05) is 0 Å². The summed E-state index contributed by atoms with van der Waals surface area (Å²) in [5.74, 6) is 1.62. The minimum absolute atomic E-state index is 0.400. The van der Waals surface area contributed by atoms with Gasteiger partial charge < -0.3 is 10.0 Å². The highest BCUT2D eigenvalue weighted by atomic mass is 16.4. The standard InChI is InChI=1S/C33H24BN3O2/c38-34(39)26-21-19-25(20-22-26)31-35-32(29-17-9-7-15-27(29)23-11-3-1-4-12-23)37-33(36-31)30-18-10-8-16-28(30)24-13-5-2-6-14-24/h1-22,38-39H. The molecular formula is C33H24BN3O2. The lowest BCUT2D eigenvalue weighted by molar-refractivity contribution is 0.426. The SMILES string of the molecule is OB(O)c1ccc(-c2nc(-c3ccccc3-c3ccccc3)nc(-c3ccccc3-c3ccccc3)n2)cc1. The molecule has 0 aliphatic carbocycles. The van der Waals surface area contributed by atoms with Gasteiger partial charge in [0.05, 0.1) is 0 Å². The Morgan fingerprint density at radius 1 is 0.359 bits per heavy atom. The molecule has 0 fully saturated rings. The van der Waals surface area contributed by atoms with Gasteiger partial charge in [-0.3, -0.25) is 0 Å². The van der Waals surface area contributed by atoms with E-state index < -0.39 is 7.12 Å². The second-order valence-electron chi connectivity index (χ2n) is 9.13. The fourth-order valence-electron chi connectivity index (χ4n) is 4.65. The summed E-state index contributed by atoms with van der Waals surface area (Å²) in [6, 6.07) is 43.5. The van der Waals surface area contributed by atoms with E-state index in [-0.39, 0.29) is 0 Å². The molecule has 186 valence electrons. The van der Waals surface area contributed by atoms with Crippen LogP contribution in [0, 0.1) is 0 Å². The van der Waals surface area contributed by atoms with Crippen LogP contribution >= 0.6 is 0 Å². The van der Waals surface area contributed by atoms with Gasteiger partial charge in [0.2, 0.25) is 0 Å². The Bertz CT molecular complexity index is 1620. The Morgan fingerprint density at radius 2 is 0.744 bits per heavy atom. The van der Waals surface area contributed by atoms with Crippen molar-refractivity contribution >= 4 is 12.6 Å². The van der Waals surface area contributed by atoms with Crippen molar-refractivity contribution in [3.63, 3.8) is 0 Å². The second-order valence-corrected chi connectivity index (χ2v) is 9.13. The molecule has 0 atom stereocenters. The molecule has 2 N–H and O–H groups in total. The van der Waals surface area contributed by atoms with Gasteiger partial charge in [-0.05, 0) is 27.7 Å². The maximum absolute atomic E-state index is 9.56. The summed E-state index contributed by atoms with van der Waals surface area (Å²) in [6.07, 6.45) is 0. The monoisotopic (exact) mass is 505 g/mol. The average Bonchev–Trinajstić information content (AvgIpc) is 3.02. The van der Waals surface area contributed by atoms with Gasteiger partial charge in [-0.1, -0.05) is 133 Å². The van der Waals surface area contributed by atoms with E-state index in [0.717, 1.165) is 38.9 Å². The first kappa shape index (κ1) is 24.4. The van der Waals surface area contributed by atoms with Crippen molar-refractivity contribution in [1.82, 2.24) is 15.0 Å². The number of nitrogens with zero attached hydrogens (tertiary/aromatic N) is 3. The van der Waals surface area contributed by atoms with Crippen LogP contribution in [0.4, 0.5) is 0 Å². The van der Waals surface area contributed by atoms with E-state index in [2.05, 4.69) is 36.4 Å². The zero-order chi connectivity index (χ0) is 26.6. The molecule has 6 rings (SSSR count). The van der Waals surface area contributed by atoms with E-state index in [1.54, 1.807) is 24.3 Å².